The Morgan fingerprint density at radius 1 is 0.407 bits per heavy atom. The van der Waals surface area contributed by atoms with Crippen LogP contribution in [0.15, 0.2) is 191 Å². The highest BCUT2D eigenvalue weighted by Crippen LogP contribution is 2.41. The zero-order chi connectivity index (χ0) is 36.2. The number of ketones is 1. The topological polar surface area (TPSA) is 46.6 Å². The lowest BCUT2D eigenvalue weighted by atomic mass is 10.00. The molecule has 54 heavy (non-hydrogen) atoms. The van der Waals surface area contributed by atoms with Crippen molar-refractivity contribution in [1.82, 2.24) is 0 Å². The second-order valence-corrected chi connectivity index (χ2v) is 13.7. The summed E-state index contributed by atoms with van der Waals surface area (Å²) in [6.07, 6.45) is 0. The molecule has 0 aliphatic carbocycles. The van der Waals surface area contributed by atoms with Crippen LogP contribution in [0, 0.1) is 0 Å². The molecule has 8 aromatic carbocycles. The number of anilines is 3. The highest BCUT2D eigenvalue weighted by atomic mass is 16.3. The fourth-order valence-electron chi connectivity index (χ4n) is 7.64. The van der Waals surface area contributed by atoms with Crippen molar-refractivity contribution in [2.24, 2.45) is 0 Å². The first kappa shape index (κ1) is 31.6. The van der Waals surface area contributed by atoms with E-state index in [2.05, 4.69) is 138 Å². The molecule has 2 heterocycles. The Kier molecular flexibility index (Phi) is 7.48. The molecular formula is C50H33NO3. The molecule has 0 bridgehead atoms. The second kappa shape index (κ2) is 12.8. The molecule has 0 amide bonds. The number of para-hydroxylation sites is 3. The fourth-order valence-corrected chi connectivity index (χ4v) is 7.64. The molecule has 0 saturated heterocycles. The third-order valence-corrected chi connectivity index (χ3v) is 10.4. The van der Waals surface area contributed by atoms with Crippen molar-refractivity contribution >= 4 is 66.7 Å². The second-order valence-electron chi connectivity index (χ2n) is 13.7. The van der Waals surface area contributed by atoms with Crippen LogP contribution in [0.2, 0.25) is 0 Å². The maximum atomic E-state index is 11.9. The zero-order valence-electron chi connectivity index (χ0n) is 29.5. The van der Waals surface area contributed by atoms with Gasteiger partial charge in [-0.2, -0.15) is 0 Å². The van der Waals surface area contributed by atoms with Gasteiger partial charge in [-0.15, -0.1) is 0 Å². The van der Waals surface area contributed by atoms with E-state index in [9.17, 15) is 4.79 Å². The summed E-state index contributed by atoms with van der Waals surface area (Å²) >= 11 is 0. The largest absolute Gasteiger partial charge is 0.456 e. The van der Waals surface area contributed by atoms with E-state index in [0.29, 0.717) is 5.56 Å². The first-order chi connectivity index (χ1) is 26.6. The summed E-state index contributed by atoms with van der Waals surface area (Å²) in [6, 6.07) is 63.0. The Balaban J connectivity index is 1.06. The molecular weight excluding hydrogens is 663 g/mol. The molecule has 0 atom stereocenters. The van der Waals surface area contributed by atoms with Crippen LogP contribution in [0.25, 0.3) is 77.3 Å². The van der Waals surface area contributed by atoms with Crippen LogP contribution in [0.1, 0.15) is 17.3 Å². The molecule has 0 unspecified atom stereocenters. The van der Waals surface area contributed by atoms with Crippen molar-refractivity contribution in [2.75, 3.05) is 4.90 Å². The Labute approximate surface area is 312 Å². The third-order valence-electron chi connectivity index (χ3n) is 10.4. The molecule has 4 nitrogen and oxygen atoms in total. The predicted molar refractivity (Wildman–Crippen MR) is 222 cm³/mol. The molecule has 0 saturated carbocycles. The van der Waals surface area contributed by atoms with Crippen LogP contribution in [0.4, 0.5) is 17.1 Å². The summed E-state index contributed by atoms with van der Waals surface area (Å²) in [6.45, 7) is 1.59. The average Bonchev–Trinajstić information content (AvgIpc) is 3.80. The summed E-state index contributed by atoms with van der Waals surface area (Å²) in [5.74, 6) is 0.0631. The van der Waals surface area contributed by atoms with Gasteiger partial charge in [0.1, 0.15) is 22.3 Å². The predicted octanol–water partition coefficient (Wildman–Crippen LogP) is 14.2. The minimum absolute atomic E-state index is 0.0631. The normalized spacial score (nSPS) is 11.5. The van der Waals surface area contributed by atoms with Gasteiger partial charge in [-0.3, -0.25) is 4.79 Å². The van der Waals surface area contributed by atoms with Crippen LogP contribution in [-0.2, 0) is 0 Å². The van der Waals surface area contributed by atoms with Gasteiger partial charge in [0.05, 0.1) is 0 Å². The van der Waals surface area contributed by atoms with Gasteiger partial charge in [0.15, 0.2) is 5.78 Å². The zero-order valence-corrected chi connectivity index (χ0v) is 29.5. The van der Waals surface area contributed by atoms with Crippen LogP contribution < -0.4 is 4.90 Å². The maximum absolute atomic E-state index is 11.9. The number of carbonyl (C=O) groups excluding carboxylic acids is 1. The van der Waals surface area contributed by atoms with Crippen LogP contribution in [-0.4, -0.2) is 5.78 Å². The van der Waals surface area contributed by atoms with Crippen molar-refractivity contribution in [1.29, 1.82) is 0 Å². The number of Topliss-reactive ketones (excluding diaryl/α,β-unsaturated/α-hetero) is 1. The molecule has 0 aliphatic rings. The van der Waals surface area contributed by atoms with Crippen molar-refractivity contribution in [3.05, 3.63) is 188 Å². The van der Waals surface area contributed by atoms with Gasteiger partial charge in [-0.05, 0) is 95.4 Å². The SMILES string of the molecule is CC(=O)c1ccc(-c2ccc(N(c3ccc(-c4cccc5c4oc4ccccc45)cc3)c3cccc(-c4ccc5oc6ccccc6c5c4)c3)cc2)cc1. The minimum Gasteiger partial charge on any atom is -0.456 e. The number of carbonyl (C=O) groups is 1. The summed E-state index contributed by atoms with van der Waals surface area (Å²) in [7, 11) is 0. The van der Waals surface area contributed by atoms with E-state index in [1.807, 2.05) is 48.5 Å². The van der Waals surface area contributed by atoms with Crippen LogP contribution in [0.3, 0.4) is 0 Å². The summed E-state index contributed by atoms with van der Waals surface area (Å²) in [5.41, 5.74) is 13.9. The first-order valence-corrected chi connectivity index (χ1v) is 18.1. The van der Waals surface area contributed by atoms with E-state index >= 15 is 0 Å². The Morgan fingerprint density at radius 3 is 1.65 bits per heavy atom. The molecule has 0 radical (unpaired) electrons. The Hall–Kier alpha value is -7.17. The molecule has 4 heteroatoms. The third kappa shape index (κ3) is 5.44. The van der Waals surface area contributed by atoms with E-state index in [0.717, 1.165) is 94.3 Å². The smallest absolute Gasteiger partial charge is 0.159 e. The molecule has 2 aromatic heterocycles. The van der Waals surface area contributed by atoms with Gasteiger partial charge in [0.25, 0.3) is 0 Å². The van der Waals surface area contributed by atoms with Crippen molar-refractivity contribution in [3.8, 4) is 33.4 Å². The van der Waals surface area contributed by atoms with Gasteiger partial charge < -0.3 is 13.7 Å². The minimum atomic E-state index is 0.0631. The number of nitrogens with zero attached hydrogens (tertiary/aromatic N) is 1. The summed E-state index contributed by atoms with van der Waals surface area (Å²) in [4.78, 5) is 14.2. The number of hydrogen-bond acceptors (Lipinski definition) is 4. The Morgan fingerprint density at radius 2 is 0.944 bits per heavy atom. The average molecular weight is 696 g/mol. The summed E-state index contributed by atoms with van der Waals surface area (Å²) in [5, 5.41) is 4.45. The number of hydrogen-bond donors (Lipinski definition) is 0. The molecule has 0 fully saturated rings. The molecule has 256 valence electrons. The highest BCUT2D eigenvalue weighted by molar-refractivity contribution is 6.10. The van der Waals surface area contributed by atoms with E-state index in [-0.39, 0.29) is 5.78 Å². The van der Waals surface area contributed by atoms with Crippen LogP contribution in [0.5, 0.6) is 0 Å². The maximum Gasteiger partial charge on any atom is 0.159 e. The number of benzene rings is 8. The molecule has 0 aliphatic heterocycles. The van der Waals surface area contributed by atoms with Gasteiger partial charge in [0.2, 0.25) is 0 Å². The Bertz CT molecular complexity index is 3000. The molecule has 10 rings (SSSR count). The van der Waals surface area contributed by atoms with Gasteiger partial charge >= 0.3 is 0 Å². The van der Waals surface area contributed by atoms with E-state index in [1.54, 1.807) is 6.92 Å². The first-order valence-electron chi connectivity index (χ1n) is 18.1. The fraction of sp³-hybridized carbons (Fsp3) is 0.0200. The van der Waals surface area contributed by atoms with Crippen molar-refractivity contribution in [2.45, 2.75) is 6.92 Å². The molecule has 10 aromatic rings. The van der Waals surface area contributed by atoms with Gasteiger partial charge in [-0.1, -0.05) is 121 Å². The van der Waals surface area contributed by atoms with Gasteiger partial charge in [-0.25, -0.2) is 0 Å². The lowest BCUT2D eigenvalue weighted by Crippen LogP contribution is -2.10. The van der Waals surface area contributed by atoms with Crippen molar-refractivity contribution < 1.29 is 13.6 Å². The quantitative estimate of drug-likeness (QED) is 0.156. The number of furan rings is 2. The highest BCUT2D eigenvalue weighted by Gasteiger charge is 2.17. The molecule has 0 N–H and O–H groups in total. The van der Waals surface area contributed by atoms with Crippen molar-refractivity contribution in [3.63, 3.8) is 0 Å². The molecule has 0 spiro atoms. The lowest BCUT2D eigenvalue weighted by Gasteiger charge is -2.26. The lowest BCUT2D eigenvalue weighted by molar-refractivity contribution is 0.101. The summed E-state index contributed by atoms with van der Waals surface area (Å²) < 4.78 is 12.5. The standard InChI is InChI=1S/C50H33NO3/c1-32(52)33-16-18-34(19-17-33)35-20-25-39(26-21-35)51(40-27-22-36(23-28-40)42-12-7-13-45-43-10-2-5-15-48(43)54-50(42)45)41-9-6-8-37(30-41)38-24-29-49-46(31-38)44-11-3-4-14-47(44)53-49/h2-31H,1H3. The van der Waals surface area contributed by atoms with E-state index in [1.165, 1.54) is 0 Å². The van der Waals surface area contributed by atoms with E-state index < -0.39 is 0 Å². The number of fused-ring (bicyclic) bond motifs is 6. The number of rotatable bonds is 7. The van der Waals surface area contributed by atoms with Gasteiger partial charge in [0, 0.05) is 49.7 Å². The van der Waals surface area contributed by atoms with Crippen LogP contribution >= 0.6 is 0 Å². The monoisotopic (exact) mass is 695 g/mol. The van der Waals surface area contributed by atoms with E-state index in [4.69, 9.17) is 8.83 Å².